The predicted octanol–water partition coefficient (Wildman–Crippen LogP) is 27.6. The lowest BCUT2D eigenvalue weighted by Crippen LogP contribution is -2.10. The van der Waals surface area contributed by atoms with Crippen molar-refractivity contribution in [3.8, 4) is 101 Å². The highest BCUT2D eigenvalue weighted by Crippen LogP contribution is 2.53. The van der Waals surface area contributed by atoms with Gasteiger partial charge in [0.15, 0.2) is 23.2 Å². The molecule has 7 heterocycles. The molecule has 23 aromatic rings. The molecule has 7 aromatic heterocycles. The summed E-state index contributed by atoms with van der Waals surface area (Å²) in [5.74, 6) is 1.10. The van der Waals surface area contributed by atoms with Gasteiger partial charge < -0.3 is 26.8 Å². The standard InChI is InChI=1S/C100H56N6O4/c1-101-80-57-79(100-103-98(67-35-41-71-69-31-17-19-33-85(69)107-89(71)55-67)102-99(104-100)68-36-42-72-70-32-18-20-34-86(70)108-90(72)56-68)94(105-81-45-37-63(58-21-7-2-8-22-58)53-77(81)92-83(105)47-43-73-75-51-65(60-25-11-4-12-26-60)39-49-87(75)109-96(73)92)95(91(80)62-29-15-6-16-30-62)106-82-46-38-64(59-23-9-3-10-24-59)54-78(82)93-84(106)48-44-74-76-52-66(61-27-13-5-14-28-61)40-50-88(76)110-97(74)93/h2-57H. The molecule has 0 aliphatic rings. The second kappa shape index (κ2) is 23.9. The van der Waals surface area contributed by atoms with Crippen molar-refractivity contribution < 1.29 is 17.7 Å². The van der Waals surface area contributed by atoms with Crippen molar-refractivity contribution in [2.75, 3.05) is 0 Å². The average Bonchev–Trinajstić information content (AvgIpc) is 1.52. The molecule has 0 atom stereocenters. The number of rotatable bonds is 10. The van der Waals surface area contributed by atoms with Gasteiger partial charge in [-0.25, -0.2) is 19.8 Å². The highest BCUT2D eigenvalue weighted by Gasteiger charge is 2.33. The van der Waals surface area contributed by atoms with E-state index in [9.17, 15) is 6.57 Å². The van der Waals surface area contributed by atoms with Gasteiger partial charge in [-0.15, -0.1) is 0 Å². The molecule has 0 fully saturated rings. The summed E-state index contributed by atoms with van der Waals surface area (Å²) < 4.78 is 32.8. The van der Waals surface area contributed by atoms with Gasteiger partial charge in [-0.1, -0.05) is 224 Å². The van der Waals surface area contributed by atoms with Gasteiger partial charge in [-0.2, -0.15) is 0 Å². The van der Waals surface area contributed by atoms with Gasteiger partial charge in [0.1, 0.15) is 44.7 Å². The molecule has 0 aliphatic heterocycles. The van der Waals surface area contributed by atoms with Crippen LogP contribution in [-0.4, -0.2) is 24.1 Å². The molecule has 0 saturated carbocycles. The van der Waals surface area contributed by atoms with Crippen LogP contribution in [0.25, 0.3) is 237 Å². The molecular formula is C100H56N6O4. The molecule has 0 spiro atoms. The van der Waals surface area contributed by atoms with Crippen molar-refractivity contribution in [2.45, 2.75) is 0 Å². The number of fused-ring (bicyclic) bond motifs is 20. The molecule has 0 aliphatic carbocycles. The number of nitrogens with zero attached hydrogens (tertiary/aromatic N) is 6. The number of para-hydroxylation sites is 2. The fourth-order valence-electron chi connectivity index (χ4n) is 17.1. The molecule has 0 unspecified atom stereocenters. The summed E-state index contributed by atoms with van der Waals surface area (Å²) in [6, 6.07) is 118. The van der Waals surface area contributed by atoms with Crippen LogP contribution in [0.2, 0.25) is 0 Å². The molecule has 10 heteroatoms. The molecule has 23 rings (SSSR count). The van der Waals surface area contributed by atoms with Gasteiger partial charge in [0.25, 0.3) is 0 Å². The van der Waals surface area contributed by atoms with E-state index in [0.29, 0.717) is 68.0 Å². The lowest BCUT2D eigenvalue weighted by Gasteiger charge is -2.25. The molecule has 0 N–H and O–H groups in total. The van der Waals surface area contributed by atoms with Crippen molar-refractivity contribution in [2.24, 2.45) is 0 Å². The van der Waals surface area contributed by atoms with Gasteiger partial charge in [-0.05, 0) is 165 Å². The first kappa shape index (κ1) is 61.2. The van der Waals surface area contributed by atoms with Crippen LogP contribution >= 0.6 is 0 Å². The van der Waals surface area contributed by atoms with Gasteiger partial charge in [0.2, 0.25) is 0 Å². The smallest absolute Gasteiger partial charge is 0.197 e. The third kappa shape index (κ3) is 9.38. The molecule has 0 saturated heterocycles. The van der Waals surface area contributed by atoms with Crippen LogP contribution < -0.4 is 0 Å². The second-order valence-corrected chi connectivity index (χ2v) is 28.3. The Bertz CT molecular complexity index is 7700. The first-order valence-electron chi connectivity index (χ1n) is 36.8. The summed E-state index contributed by atoms with van der Waals surface area (Å²) in [6.45, 7) is 9.75. The van der Waals surface area contributed by atoms with Crippen molar-refractivity contribution >= 4 is 137 Å². The van der Waals surface area contributed by atoms with Crippen LogP contribution in [0.5, 0.6) is 0 Å². The summed E-state index contributed by atoms with van der Waals surface area (Å²) in [4.78, 5) is 21.7. The molecule has 0 bridgehead atoms. The SMILES string of the molecule is [C-]#[N+]c1cc(-c2nc(-c3ccc4c(c3)oc3ccccc34)nc(-c3ccc4c(c3)oc3ccccc34)n2)c(-n2c3ccc(-c4ccccc4)cc3c3c4oc5ccc(-c6ccccc6)cc5c4ccc32)c(-n2c3ccc(-c4ccccc4)cc3c3c4oc5ccc(-c6ccccc6)cc5c4ccc32)c1-c1ccccc1. The Balaban J connectivity index is 0.902. The highest BCUT2D eigenvalue weighted by atomic mass is 16.3. The number of hydrogen-bond donors (Lipinski definition) is 0. The minimum Gasteiger partial charge on any atom is -0.456 e. The van der Waals surface area contributed by atoms with Gasteiger partial charge in [-0.3, -0.25) is 0 Å². The monoisotopic (exact) mass is 1400 g/mol. The number of hydrogen-bond acceptors (Lipinski definition) is 7. The third-order valence-corrected chi connectivity index (χ3v) is 22.2. The van der Waals surface area contributed by atoms with Crippen molar-refractivity contribution in [1.82, 2.24) is 24.1 Å². The topological polar surface area (TPSA) is 105 Å². The van der Waals surface area contributed by atoms with E-state index in [1.807, 2.05) is 66.7 Å². The van der Waals surface area contributed by atoms with Crippen LogP contribution in [0.3, 0.4) is 0 Å². The zero-order chi connectivity index (χ0) is 72.2. The molecule has 16 aromatic carbocycles. The lowest BCUT2D eigenvalue weighted by molar-refractivity contribution is 0.668. The zero-order valence-electron chi connectivity index (χ0n) is 58.6. The van der Waals surface area contributed by atoms with Crippen LogP contribution in [0.1, 0.15) is 0 Å². The first-order valence-corrected chi connectivity index (χ1v) is 36.8. The third-order valence-electron chi connectivity index (χ3n) is 22.2. The molecule has 10 nitrogen and oxygen atoms in total. The zero-order valence-corrected chi connectivity index (χ0v) is 58.6. The Hall–Kier alpha value is -15.2. The Morgan fingerprint density at radius 2 is 0.582 bits per heavy atom. The molecule has 0 amide bonds. The van der Waals surface area contributed by atoms with Crippen LogP contribution in [0.4, 0.5) is 5.69 Å². The second-order valence-electron chi connectivity index (χ2n) is 28.3. The lowest BCUT2D eigenvalue weighted by atomic mass is 9.95. The highest BCUT2D eigenvalue weighted by molar-refractivity contribution is 6.27. The van der Waals surface area contributed by atoms with E-state index in [1.54, 1.807) is 0 Å². The number of benzene rings is 16. The van der Waals surface area contributed by atoms with Crippen LogP contribution in [0, 0.1) is 6.57 Å². The van der Waals surface area contributed by atoms with E-state index in [-0.39, 0.29) is 0 Å². The Labute approximate surface area is 627 Å². The Morgan fingerprint density at radius 3 is 1.03 bits per heavy atom. The quantitative estimate of drug-likeness (QED) is 0.126. The summed E-state index contributed by atoms with van der Waals surface area (Å²) in [6.07, 6.45) is 0. The van der Waals surface area contributed by atoms with Crippen LogP contribution in [-0.2, 0) is 0 Å². The summed E-state index contributed by atoms with van der Waals surface area (Å²) >= 11 is 0. The van der Waals surface area contributed by atoms with E-state index in [2.05, 4.69) is 287 Å². The van der Waals surface area contributed by atoms with Crippen molar-refractivity contribution in [3.63, 3.8) is 0 Å². The molecule has 110 heavy (non-hydrogen) atoms. The van der Waals surface area contributed by atoms with E-state index >= 15 is 0 Å². The van der Waals surface area contributed by atoms with Crippen molar-refractivity contribution in [1.29, 1.82) is 0 Å². The minimum absolute atomic E-state index is 0.315. The predicted molar refractivity (Wildman–Crippen MR) is 447 cm³/mol. The minimum atomic E-state index is 0.315. The van der Waals surface area contributed by atoms with E-state index in [0.717, 1.165) is 170 Å². The fourth-order valence-corrected chi connectivity index (χ4v) is 17.1. The number of aromatic nitrogens is 5. The maximum atomic E-state index is 9.75. The molecular weight excluding hydrogens is 1350 g/mol. The largest absolute Gasteiger partial charge is 0.456 e. The molecule has 510 valence electrons. The fraction of sp³-hybridized carbons (Fsp3) is 0. The summed E-state index contributed by atoms with van der Waals surface area (Å²) in [5.41, 5.74) is 23.2. The average molecular weight is 1410 g/mol. The summed E-state index contributed by atoms with van der Waals surface area (Å²) in [7, 11) is 0. The maximum Gasteiger partial charge on any atom is 0.197 e. The molecule has 0 radical (unpaired) electrons. The summed E-state index contributed by atoms with van der Waals surface area (Å²) in [5, 5.41) is 11.6. The Kier molecular flexibility index (Phi) is 13.3. The van der Waals surface area contributed by atoms with Gasteiger partial charge >= 0.3 is 0 Å². The van der Waals surface area contributed by atoms with E-state index in [4.69, 9.17) is 32.6 Å². The van der Waals surface area contributed by atoms with Crippen LogP contribution in [0.15, 0.2) is 357 Å². The first-order chi connectivity index (χ1) is 54.5. The normalized spacial score (nSPS) is 12.0. The van der Waals surface area contributed by atoms with Crippen molar-refractivity contribution in [3.05, 3.63) is 351 Å². The van der Waals surface area contributed by atoms with Gasteiger partial charge in [0.05, 0.1) is 50.8 Å². The Morgan fingerprint density at radius 1 is 0.236 bits per heavy atom. The van der Waals surface area contributed by atoms with Gasteiger partial charge in [0, 0.05) is 76.1 Å². The van der Waals surface area contributed by atoms with E-state index in [1.165, 1.54) is 0 Å². The number of furan rings is 4. The maximum absolute atomic E-state index is 9.75. The van der Waals surface area contributed by atoms with E-state index < -0.39 is 0 Å².